The van der Waals surface area contributed by atoms with Gasteiger partial charge in [-0.3, -0.25) is 0 Å². The van der Waals surface area contributed by atoms with E-state index in [4.69, 9.17) is 5.11 Å². The van der Waals surface area contributed by atoms with Gasteiger partial charge in [-0.05, 0) is 11.1 Å². The number of hydrogen-bond donors (Lipinski definition) is 2. The van der Waals surface area contributed by atoms with E-state index in [1.54, 1.807) is 6.92 Å². The molecule has 0 bridgehead atoms. The van der Waals surface area contributed by atoms with Gasteiger partial charge in [0.1, 0.15) is 0 Å². The number of carboxylic acid groups (broad SMARTS) is 1. The highest BCUT2D eigenvalue weighted by Crippen LogP contribution is 2.33. The summed E-state index contributed by atoms with van der Waals surface area (Å²) in [7, 11) is 0. The van der Waals surface area contributed by atoms with Gasteiger partial charge in [0.05, 0.1) is 0 Å². The average Bonchev–Trinajstić information content (AvgIpc) is 2.48. The smallest absolute Gasteiger partial charge is 0.332 e. The van der Waals surface area contributed by atoms with Crippen molar-refractivity contribution in [2.75, 3.05) is 0 Å². The van der Waals surface area contributed by atoms with Crippen LogP contribution in [-0.4, -0.2) is 22.3 Å². The Hall–Kier alpha value is -2.13. The van der Waals surface area contributed by atoms with Gasteiger partial charge in [-0.2, -0.15) is 0 Å². The molecule has 0 saturated heterocycles. The predicted molar refractivity (Wildman–Crippen MR) is 77.5 cm³/mol. The lowest BCUT2D eigenvalue weighted by atomic mass is 9.79. The summed E-state index contributed by atoms with van der Waals surface area (Å²) in [6.45, 7) is 1.77. The van der Waals surface area contributed by atoms with E-state index >= 15 is 0 Å². The zero-order valence-electron chi connectivity index (χ0n) is 11.3. The van der Waals surface area contributed by atoms with Crippen LogP contribution in [0.1, 0.15) is 24.0 Å². The number of carbonyl (C=O) groups is 1. The minimum atomic E-state index is -1.39. The fourth-order valence-electron chi connectivity index (χ4n) is 2.53. The molecule has 3 nitrogen and oxygen atoms in total. The maximum Gasteiger partial charge on any atom is 0.332 e. The lowest BCUT2D eigenvalue weighted by Crippen LogP contribution is -2.32. The lowest BCUT2D eigenvalue weighted by Gasteiger charge is -2.27. The van der Waals surface area contributed by atoms with Crippen LogP contribution in [0, 0.1) is 5.92 Å². The van der Waals surface area contributed by atoms with Crippen molar-refractivity contribution in [1.29, 1.82) is 0 Å². The number of benzene rings is 2. The molecule has 2 N–H and O–H groups in total. The molecule has 0 spiro atoms. The van der Waals surface area contributed by atoms with E-state index in [9.17, 15) is 9.90 Å². The van der Waals surface area contributed by atoms with Crippen LogP contribution in [0.2, 0.25) is 0 Å². The van der Waals surface area contributed by atoms with Crippen LogP contribution in [-0.2, 0) is 4.79 Å². The number of rotatable bonds is 5. The van der Waals surface area contributed by atoms with Crippen LogP contribution in [0.25, 0.3) is 0 Å². The summed E-state index contributed by atoms with van der Waals surface area (Å²) < 4.78 is 0. The normalized spacial score (nSPS) is 13.9. The predicted octanol–water partition coefficient (Wildman–Crippen LogP) is 2.90. The van der Waals surface area contributed by atoms with Crippen molar-refractivity contribution in [3.63, 3.8) is 0 Å². The van der Waals surface area contributed by atoms with E-state index in [0.717, 1.165) is 11.1 Å². The number of aliphatic carboxylic acids is 1. The largest absolute Gasteiger partial charge is 0.479 e. The van der Waals surface area contributed by atoms with E-state index in [2.05, 4.69) is 0 Å². The monoisotopic (exact) mass is 270 g/mol. The highest BCUT2D eigenvalue weighted by Gasteiger charge is 2.31. The first kappa shape index (κ1) is 14.3. The van der Waals surface area contributed by atoms with Gasteiger partial charge < -0.3 is 10.2 Å². The minimum Gasteiger partial charge on any atom is -0.479 e. The highest BCUT2D eigenvalue weighted by molar-refractivity contribution is 5.72. The standard InChI is InChI=1S/C17H18O3/c1-12(16(18)17(19)20)15(13-8-4-2-5-9-13)14-10-6-3-7-11-14/h2-12,15-16,18H,1H3,(H,19,20). The number of aliphatic hydroxyl groups is 1. The Kier molecular flexibility index (Phi) is 4.53. The van der Waals surface area contributed by atoms with Gasteiger partial charge in [0.15, 0.2) is 6.10 Å². The first-order chi connectivity index (χ1) is 9.61. The maximum absolute atomic E-state index is 11.1. The first-order valence-corrected chi connectivity index (χ1v) is 6.62. The molecular weight excluding hydrogens is 252 g/mol. The van der Waals surface area contributed by atoms with E-state index in [1.807, 2.05) is 60.7 Å². The molecule has 0 aliphatic carbocycles. The minimum absolute atomic E-state index is 0.150. The molecule has 0 aromatic heterocycles. The molecule has 2 aromatic carbocycles. The van der Waals surface area contributed by atoms with Crippen molar-refractivity contribution in [1.82, 2.24) is 0 Å². The highest BCUT2D eigenvalue weighted by atomic mass is 16.4. The molecule has 0 aliphatic heterocycles. The van der Waals surface area contributed by atoms with Crippen molar-refractivity contribution < 1.29 is 15.0 Å². The molecule has 104 valence electrons. The van der Waals surface area contributed by atoms with Gasteiger partial charge in [-0.1, -0.05) is 67.6 Å². The molecule has 0 heterocycles. The van der Waals surface area contributed by atoms with Crippen LogP contribution in [0.15, 0.2) is 60.7 Å². The second-order valence-electron chi connectivity index (χ2n) is 4.94. The molecule has 0 saturated carbocycles. The van der Waals surface area contributed by atoms with Gasteiger partial charge in [0.2, 0.25) is 0 Å². The van der Waals surface area contributed by atoms with Crippen molar-refractivity contribution in [2.24, 2.45) is 5.92 Å². The van der Waals surface area contributed by atoms with Crippen molar-refractivity contribution in [3.05, 3.63) is 71.8 Å². The van der Waals surface area contributed by atoms with Crippen LogP contribution < -0.4 is 0 Å². The zero-order valence-corrected chi connectivity index (χ0v) is 11.3. The Morgan fingerprint density at radius 3 is 1.65 bits per heavy atom. The third-order valence-electron chi connectivity index (χ3n) is 3.59. The third kappa shape index (κ3) is 3.06. The second kappa shape index (κ2) is 6.35. The molecule has 0 radical (unpaired) electrons. The van der Waals surface area contributed by atoms with Crippen molar-refractivity contribution in [3.8, 4) is 0 Å². The quantitative estimate of drug-likeness (QED) is 0.878. The third-order valence-corrected chi connectivity index (χ3v) is 3.59. The molecule has 3 heteroatoms. The fourth-order valence-corrected chi connectivity index (χ4v) is 2.53. The summed E-state index contributed by atoms with van der Waals surface area (Å²) in [5, 5.41) is 18.9. The Morgan fingerprint density at radius 2 is 1.30 bits per heavy atom. The molecule has 0 aliphatic rings. The molecule has 2 aromatic rings. The number of aliphatic hydroxyl groups excluding tert-OH is 1. The van der Waals surface area contributed by atoms with Gasteiger partial charge in [-0.15, -0.1) is 0 Å². The van der Waals surface area contributed by atoms with Crippen LogP contribution in [0.5, 0.6) is 0 Å². The molecule has 0 fully saturated rings. The van der Waals surface area contributed by atoms with E-state index < -0.39 is 18.0 Å². The Bertz CT molecular complexity index is 511. The van der Waals surface area contributed by atoms with E-state index in [0.29, 0.717) is 0 Å². The molecule has 2 rings (SSSR count). The van der Waals surface area contributed by atoms with Crippen LogP contribution >= 0.6 is 0 Å². The Morgan fingerprint density at radius 1 is 0.900 bits per heavy atom. The zero-order chi connectivity index (χ0) is 14.5. The molecule has 0 amide bonds. The molecule has 2 atom stereocenters. The number of hydrogen-bond acceptors (Lipinski definition) is 2. The van der Waals surface area contributed by atoms with Gasteiger partial charge >= 0.3 is 5.97 Å². The summed E-state index contributed by atoms with van der Waals surface area (Å²) in [6, 6.07) is 19.4. The second-order valence-corrected chi connectivity index (χ2v) is 4.94. The number of carboxylic acids is 1. The van der Waals surface area contributed by atoms with Gasteiger partial charge in [0.25, 0.3) is 0 Å². The van der Waals surface area contributed by atoms with E-state index in [1.165, 1.54) is 0 Å². The van der Waals surface area contributed by atoms with Gasteiger partial charge in [0, 0.05) is 11.8 Å². The van der Waals surface area contributed by atoms with Crippen molar-refractivity contribution in [2.45, 2.75) is 18.9 Å². The lowest BCUT2D eigenvalue weighted by molar-refractivity contribution is -0.149. The molecule has 2 unspecified atom stereocenters. The Labute approximate surface area is 118 Å². The van der Waals surface area contributed by atoms with Gasteiger partial charge in [-0.25, -0.2) is 4.79 Å². The molecular formula is C17H18O3. The summed E-state index contributed by atoms with van der Waals surface area (Å²) >= 11 is 0. The summed E-state index contributed by atoms with van der Waals surface area (Å²) in [4.78, 5) is 11.1. The fraction of sp³-hybridized carbons (Fsp3) is 0.235. The average molecular weight is 270 g/mol. The summed E-state index contributed by atoms with van der Waals surface area (Å²) in [5.74, 6) is -1.75. The SMILES string of the molecule is CC(C(O)C(=O)O)C(c1ccccc1)c1ccccc1. The molecule has 20 heavy (non-hydrogen) atoms. The van der Waals surface area contributed by atoms with Crippen molar-refractivity contribution >= 4 is 5.97 Å². The van der Waals surface area contributed by atoms with Crippen LogP contribution in [0.3, 0.4) is 0 Å². The summed E-state index contributed by atoms with van der Waals surface area (Å²) in [5.41, 5.74) is 2.01. The Balaban J connectivity index is 2.43. The first-order valence-electron chi connectivity index (χ1n) is 6.62. The van der Waals surface area contributed by atoms with Crippen LogP contribution in [0.4, 0.5) is 0 Å². The summed E-state index contributed by atoms with van der Waals surface area (Å²) in [6.07, 6.45) is -1.39. The topological polar surface area (TPSA) is 57.5 Å². The van der Waals surface area contributed by atoms with E-state index in [-0.39, 0.29) is 5.92 Å². The maximum atomic E-state index is 11.1.